The number of nitrogens with one attached hydrogen (secondary N) is 1. The van der Waals surface area contributed by atoms with Gasteiger partial charge in [-0.1, -0.05) is 33.6 Å². The Morgan fingerprint density at radius 2 is 1.88 bits per heavy atom. The van der Waals surface area contributed by atoms with Crippen LogP contribution in [0.25, 0.3) is 0 Å². The summed E-state index contributed by atoms with van der Waals surface area (Å²) in [4.78, 5) is 23.1. The Labute approximate surface area is 104 Å². The third-order valence-electron chi connectivity index (χ3n) is 2.54. The molecule has 17 heavy (non-hydrogen) atoms. The van der Waals surface area contributed by atoms with E-state index in [-0.39, 0.29) is 11.9 Å². The molecule has 0 saturated carbocycles. The first-order valence-corrected chi connectivity index (χ1v) is 6.38. The van der Waals surface area contributed by atoms with Gasteiger partial charge in [-0.15, -0.1) is 0 Å². The molecule has 0 aromatic rings. The van der Waals surface area contributed by atoms with Gasteiger partial charge in [-0.2, -0.15) is 0 Å². The van der Waals surface area contributed by atoms with Crippen molar-refractivity contribution >= 4 is 11.9 Å². The van der Waals surface area contributed by atoms with Crippen molar-refractivity contribution in [2.45, 2.75) is 58.9 Å². The van der Waals surface area contributed by atoms with E-state index in [4.69, 9.17) is 0 Å². The molecule has 4 heteroatoms. The molecule has 0 aliphatic rings. The van der Waals surface area contributed by atoms with Crippen LogP contribution in [0.4, 0.5) is 0 Å². The summed E-state index contributed by atoms with van der Waals surface area (Å²) in [6, 6.07) is -0.505. The number of esters is 1. The standard InChI is InChI=1S/C13H25NO3/c1-5-6-7-8-12(15)14-11(9-10(2)3)13(16)17-4/h10-11H,5-9H2,1-4H3,(H,14,15). The number of hydrogen-bond donors (Lipinski definition) is 1. The van der Waals surface area contributed by atoms with Gasteiger partial charge >= 0.3 is 5.97 Å². The third kappa shape index (κ3) is 7.77. The van der Waals surface area contributed by atoms with Crippen molar-refractivity contribution in [3.8, 4) is 0 Å². The SMILES string of the molecule is CCCCCC(=O)NC(CC(C)C)C(=O)OC. The van der Waals surface area contributed by atoms with Crippen molar-refractivity contribution in [1.82, 2.24) is 5.32 Å². The number of amides is 1. The Kier molecular flexibility index (Phi) is 8.46. The Morgan fingerprint density at radius 3 is 2.35 bits per heavy atom. The van der Waals surface area contributed by atoms with E-state index in [2.05, 4.69) is 17.0 Å². The van der Waals surface area contributed by atoms with Crippen LogP contribution in [-0.2, 0) is 14.3 Å². The van der Waals surface area contributed by atoms with Crippen LogP contribution in [0.2, 0.25) is 0 Å². The van der Waals surface area contributed by atoms with Crippen LogP contribution < -0.4 is 5.32 Å². The van der Waals surface area contributed by atoms with E-state index in [0.29, 0.717) is 18.8 Å². The van der Waals surface area contributed by atoms with Gasteiger partial charge < -0.3 is 10.1 Å². The zero-order valence-electron chi connectivity index (χ0n) is 11.4. The molecule has 1 amide bonds. The summed E-state index contributed by atoms with van der Waals surface area (Å²) >= 11 is 0. The lowest BCUT2D eigenvalue weighted by atomic mass is 10.0. The van der Waals surface area contributed by atoms with Gasteiger partial charge in [0.15, 0.2) is 0 Å². The fourth-order valence-corrected chi connectivity index (χ4v) is 1.63. The number of rotatable bonds is 8. The van der Waals surface area contributed by atoms with Crippen LogP contribution in [0.1, 0.15) is 52.9 Å². The van der Waals surface area contributed by atoms with E-state index in [1.54, 1.807) is 0 Å². The summed E-state index contributed by atoms with van der Waals surface area (Å²) in [5.74, 6) is -0.0768. The van der Waals surface area contributed by atoms with Gasteiger partial charge in [0.05, 0.1) is 7.11 Å². The molecular formula is C13H25NO3. The molecule has 0 radical (unpaired) electrons. The van der Waals surface area contributed by atoms with Crippen LogP contribution in [0, 0.1) is 5.92 Å². The van der Waals surface area contributed by atoms with Crippen molar-refractivity contribution in [1.29, 1.82) is 0 Å². The van der Waals surface area contributed by atoms with E-state index in [1.807, 2.05) is 13.8 Å². The predicted octanol–water partition coefficient (Wildman–Crippen LogP) is 2.27. The van der Waals surface area contributed by atoms with E-state index in [9.17, 15) is 9.59 Å². The molecule has 0 aromatic heterocycles. The third-order valence-corrected chi connectivity index (χ3v) is 2.54. The second kappa shape index (κ2) is 9.02. The molecule has 0 saturated heterocycles. The smallest absolute Gasteiger partial charge is 0.328 e. The minimum absolute atomic E-state index is 0.0606. The number of ether oxygens (including phenoxy) is 1. The molecule has 0 heterocycles. The molecule has 0 aromatic carbocycles. The number of carbonyl (C=O) groups excluding carboxylic acids is 2. The molecular weight excluding hydrogens is 218 g/mol. The zero-order valence-corrected chi connectivity index (χ0v) is 11.4. The fourth-order valence-electron chi connectivity index (χ4n) is 1.63. The minimum Gasteiger partial charge on any atom is -0.467 e. The average molecular weight is 243 g/mol. The predicted molar refractivity (Wildman–Crippen MR) is 67.5 cm³/mol. The lowest BCUT2D eigenvalue weighted by molar-refractivity contribution is -0.145. The summed E-state index contributed by atoms with van der Waals surface area (Å²) in [7, 11) is 1.35. The topological polar surface area (TPSA) is 55.4 Å². The Morgan fingerprint density at radius 1 is 1.24 bits per heavy atom. The maximum Gasteiger partial charge on any atom is 0.328 e. The number of carbonyl (C=O) groups is 2. The largest absolute Gasteiger partial charge is 0.467 e. The van der Waals surface area contributed by atoms with Gasteiger partial charge in [-0.05, 0) is 18.8 Å². The molecule has 0 fully saturated rings. The normalized spacial score (nSPS) is 12.3. The summed E-state index contributed by atoms with van der Waals surface area (Å²) in [5, 5.41) is 2.74. The summed E-state index contributed by atoms with van der Waals surface area (Å²) in [6.45, 7) is 6.12. The molecule has 1 unspecified atom stereocenters. The summed E-state index contributed by atoms with van der Waals surface area (Å²) < 4.78 is 4.69. The van der Waals surface area contributed by atoms with Gasteiger partial charge in [-0.25, -0.2) is 4.79 Å². The minimum atomic E-state index is -0.505. The number of hydrogen-bond acceptors (Lipinski definition) is 3. The first kappa shape index (κ1) is 15.9. The van der Waals surface area contributed by atoms with Gasteiger partial charge in [-0.3, -0.25) is 4.79 Å². The van der Waals surface area contributed by atoms with Crippen LogP contribution in [0.5, 0.6) is 0 Å². The molecule has 100 valence electrons. The van der Waals surface area contributed by atoms with Crippen molar-refractivity contribution in [3.05, 3.63) is 0 Å². The Balaban J connectivity index is 4.13. The highest BCUT2D eigenvalue weighted by Crippen LogP contribution is 2.07. The Bertz CT molecular complexity index is 239. The van der Waals surface area contributed by atoms with Crippen LogP contribution in [0.3, 0.4) is 0 Å². The zero-order chi connectivity index (χ0) is 13.3. The van der Waals surface area contributed by atoms with E-state index in [0.717, 1.165) is 19.3 Å². The maximum atomic E-state index is 11.6. The first-order valence-electron chi connectivity index (χ1n) is 6.38. The van der Waals surface area contributed by atoms with Crippen molar-refractivity contribution < 1.29 is 14.3 Å². The quantitative estimate of drug-likeness (QED) is 0.525. The van der Waals surface area contributed by atoms with Gasteiger partial charge in [0.1, 0.15) is 6.04 Å². The molecule has 0 bridgehead atoms. The van der Waals surface area contributed by atoms with Gasteiger partial charge in [0, 0.05) is 6.42 Å². The highest BCUT2D eigenvalue weighted by atomic mass is 16.5. The Hall–Kier alpha value is -1.06. The molecule has 1 atom stereocenters. The van der Waals surface area contributed by atoms with E-state index >= 15 is 0 Å². The van der Waals surface area contributed by atoms with Crippen molar-refractivity contribution in [2.24, 2.45) is 5.92 Å². The van der Waals surface area contributed by atoms with Crippen LogP contribution in [0.15, 0.2) is 0 Å². The lowest BCUT2D eigenvalue weighted by Crippen LogP contribution is -2.42. The summed E-state index contributed by atoms with van der Waals surface area (Å²) in [5.41, 5.74) is 0. The van der Waals surface area contributed by atoms with Crippen molar-refractivity contribution in [2.75, 3.05) is 7.11 Å². The highest BCUT2D eigenvalue weighted by Gasteiger charge is 2.22. The van der Waals surface area contributed by atoms with Crippen molar-refractivity contribution in [3.63, 3.8) is 0 Å². The van der Waals surface area contributed by atoms with Crippen LogP contribution in [-0.4, -0.2) is 25.0 Å². The number of unbranched alkanes of at least 4 members (excludes halogenated alkanes) is 2. The lowest BCUT2D eigenvalue weighted by Gasteiger charge is -2.18. The molecule has 1 N–H and O–H groups in total. The first-order chi connectivity index (χ1) is 8.01. The molecule has 0 spiro atoms. The average Bonchev–Trinajstić information content (AvgIpc) is 2.27. The monoisotopic (exact) mass is 243 g/mol. The highest BCUT2D eigenvalue weighted by molar-refractivity contribution is 5.84. The second-order valence-electron chi connectivity index (χ2n) is 4.73. The molecule has 0 aliphatic carbocycles. The fraction of sp³-hybridized carbons (Fsp3) is 0.846. The van der Waals surface area contributed by atoms with E-state index < -0.39 is 6.04 Å². The molecule has 0 rings (SSSR count). The second-order valence-corrected chi connectivity index (χ2v) is 4.73. The maximum absolute atomic E-state index is 11.6. The van der Waals surface area contributed by atoms with E-state index in [1.165, 1.54) is 7.11 Å². The number of methoxy groups -OCH3 is 1. The molecule has 4 nitrogen and oxygen atoms in total. The van der Waals surface area contributed by atoms with Gasteiger partial charge in [0.25, 0.3) is 0 Å². The molecule has 0 aliphatic heterocycles. The van der Waals surface area contributed by atoms with Crippen LogP contribution >= 0.6 is 0 Å². The van der Waals surface area contributed by atoms with Gasteiger partial charge in [0.2, 0.25) is 5.91 Å². The summed E-state index contributed by atoms with van der Waals surface area (Å²) in [6.07, 6.45) is 4.10.